The lowest BCUT2D eigenvalue weighted by molar-refractivity contribution is -0.0371. The van der Waals surface area contributed by atoms with E-state index in [-0.39, 0.29) is 52.9 Å². The fourth-order valence-corrected chi connectivity index (χ4v) is 5.33. The van der Waals surface area contributed by atoms with Gasteiger partial charge in [-0.1, -0.05) is 5.21 Å². The predicted octanol–water partition coefficient (Wildman–Crippen LogP) is -3.18. The van der Waals surface area contributed by atoms with Crippen molar-refractivity contribution in [2.24, 2.45) is 0 Å². The van der Waals surface area contributed by atoms with Gasteiger partial charge in [-0.3, -0.25) is 28.7 Å². The van der Waals surface area contributed by atoms with Crippen LogP contribution in [0.25, 0.3) is 22.3 Å². The third kappa shape index (κ3) is 3.88. The van der Waals surface area contributed by atoms with E-state index in [4.69, 9.17) is 20.9 Å². The first-order valence-electron chi connectivity index (χ1n) is 12.4. The second kappa shape index (κ2) is 9.14. The molecule has 0 aliphatic carbocycles. The SMILES string of the molecule is Nc1nc2c(ncn2[C@@H]2O[C@H](c3cn([C@H]4C[C@H](n5cnc6c(=O)[nH]c(N)nc65)O[C@@H]4CO)nn3)[C@@H](O)[C@H]2O)c(=O)[nH]1. The van der Waals surface area contributed by atoms with Crippen LogP contribution >= 0.6 is 0 Å². The van der Waals surface area contributed by atoms with Gasteiger partial charge in [-0.25, -0.2) is 14.6 Å². The van der Waals surface area contributed by atoms with Crippen molar-refractivity contribution in [1.82, 2.24) is 54.0 Å². The molecule has 0 amide bonds. The number of aromatic amines is 2. The molecule has 9 N–H and O–H groups in total. The van der Waals surface area contributed by atoms with Gasteiger partial charge in [0.25, 0.3) is 11.1 Å². The number of H-pyrrole nitrogens is 2. The molecule has 0 bridgehead atoms. The quantitative estimate of drug-likeness (QED) is 0.110. The number of anilines is 2. The second-order valence-electron chi connectivity index (χ2n) is 9.72. The zero-order valence-corrected chi connectivity index (χ0v) is 20.8. The van der Waals surface area contributed by atoms with E-state index in [0.29, 0.717) is 0 Å². The number of hydrogen-bond acceptors (Lipinski definition) is 15. The Morgan fingerprint density at radius 2 is 1.59 bits per heavy atom. The summed E-state index contributed by atoms with van der Waals surface area (Å²) < 4.78 is 16.3. The lowest BCUT2D eigenvalue weighted by atomic mass is 10.1. The van der Waals surface area contributed by atoms with Crippen LogP contribution in [-0.4, -0.2) is 94.3 Å². The average Bonchev–Trinajstić information content (AvgIpc) is 3.74. The van der Waals surface area contributed by atoms with E-state index >= 15 is 0 Å². The Morgan fingerprint density at radius 1 is 0.951 bits per heavy atom. The highest BCUT2D eigenvalue weighted by molar-refractivity contribution is 5.71. The number of hydrogen-bond donors (Lipinski definition) is 7. The first-order valence-corrected chi connectivity index (χ1v) is 12.4. The molecule has 2 aliphatic rings. The number of aliphatic hydroxyl groups is 3. The van der Waals surface area contributed by atoms with Crippen molar-refractivity contribution in [2.45, 2.75) is 49.3 Å². The number of aromatic nitrogens is 11. The number of nitrogens with zero attached hydrogens (tertiary/aromatic N) is 9. The summed E-state index contributed by atoms with van der Waals surface area (Å²) in [6, 6.07) is -0.515. The number of imidazole rings is 2. The molecule has 2 fully saturated rings. The average molecular weight is 569 g/mol. The van der Waals surface area contributed by atoms with Gasteiger partial charge in [0.15, 0.2) is 28.6 Å². The standard InChI is InChI=1S/C21H23N13O7/c22-20-26-15-10(17(38)28-20)24-4-32(15)9-1-7(8(3-35)40-9)34-2-6(30-31-34)14-12(36)13(37)19(41-14)33-5-25-11-16(33)27-21(23)29-18(11)39/h2,4-5,7-9,12-14,19,35-37H,1,3H2,(H3,22,26,28,38)(H3,23,27,29,39)/t7-,8+,9+,12-,13+,14+,19+/m0/s1. The highest BCUT2D eigenvalue weighted by Crippen LogP contribution is 2.41. The van der Waals surface area contributed by atoms with Crippen LogP contribution in [0.3, 0.4) is 0 Å². The fourth-order valence-electron chi connectivity index (χ4n) is 5.33. The van der Waals surface area contributed by atoms with Crippen LogP contribution in [0.2, 0.25) is 0 Å². The van der Waals surface area contributed by atoms with Crippen LogP contribution in [0.1, 0.15) is 36.7 Å². The fraction of sp³-hybridized carbons (Fsp3) is 0.429. The number of nitrogens with one attached hydrogen (secondary N) is 2. The van der Waals surface area contributed by atoms with Crippen molar-refractivity contribution in [3.63, 3.8) is 0 Å². The summed E-state index contributed by atoms with van der Waals surface area (Å²) in [4.78, 5) is 45.4. The minimum absolute atomic E-state index is 0.0159. The first kappa shape index (κ1) is 25.2. The van der Waals surface area contributed by atoms with Crippen LogP contribution in [0.4, 0.5) is 11.9 Å². The summed E-state index contributed by atoms with van der Waals surface area (Å²) in [5, 5.41) is 40.0. The number of ether oxygens (including phenoxy) is 2. The van der Waals surface area contributed by atoms with Gasteiger partial charge in [0.2, 0.25) is 11.9 Å². The van der Waals surface area contributed by atoms with Crippen molar-refractivity contribution in [3.8, 4) is 0 Å². The van der Waals surface area contributed by atoms with Crippen LogP contribution in [-0.2, 0) is 9.47 Å². The third-order valence-electron chi connectivity index (χ3n) is 7.27. The topological polar surface area (TPSA) is 289 Å². The Balaban J connectivity index is 1.15. The molecule has 0 aromatic carbocycles. The van der Waals surface area contributed by atoms with Crippen molar-refractivity contribution >= 4 is 34.2 Å². The molecular weight excluding hydrogens is 546 g/mol. The molecule has 20 nitrogen and oxygen atoms in total. The smallest absolute Gasteiger partial charge is 0.280 e. The zero-order chi connectivity index (χ0) is 28.6. The van der Waals surface area contributed by atoms with Gasteiger partial charge in [-0.05, 0) is 0 Å². The molecule has 0 spiro atoms. The van der Waals surface area contributed by atoms with Crippen LogP contribution < -0.4 is 22.6 Å². The first-order chi connectivity index (χ1) is 19.7. The van der Waals surface area contributed by atoms with Crippen molar-refractivity contribution < 1.29 is 24.8 Å². The van der Waals surface area contributed by atoms with E-state index in [0.717, 1.165) is 0 Å². The molecule has 2 saturated heterocycles. The van der Waals surface area contributed by atoms with E-state index in [1.54, 1.807) is 4.57 Å². The van der Waals surface area contributed by atoms with Gasteiger partial charge in [0.1, 0.15) is 36.3 Å². The Labute approximate surface area is 226 Å². The minimum Gasteiger partial charge on any atom is -0.394 e. The summed E-state index contributed by atoms with van der Waals surface area (Å²) in [5.74, 6) is -0.231. The van der Waals surface area contributed by atoms with Gasteiger partial charge >= 0.3 is 0 Å². The number of nitrogens with two attached hydrogens (primary N) is 2. The van der Waals surface area contributed by atoms with E-state index < -0.39 is 54.0 Å². The number of aliphatic hydroxyl groups excluding tert-OH is 3. The van der Waals surface area contributed by atoms with E-state index in [1.807, 2.05) is 0 Å². The van der Waals surface area contributed by atoms with E-state index in [1.165, 1.54) is 28.1 Å². The predicted molar refractivity (Wildman–Crippen MR) is 135 cm³/mol. The van der Waals surface area contributed by atoms with Gasteiger partial charge in [-0.2, -0.15) is 9.97 Å². The second-order valence-corrected chi connectivity index (χ2v) is 9.72. The highest BCUT2D eigenvalue weighted by Gasteiger charge is 2.47. The maximum atomic E-state index is 12.2. The number of rotatable bonds is 5. The van der Waals surface area contributed by atoms with E-state index in [2.05, 4.69) is 40.2 Å². The largest absolute Gasteiger partial charge is 0.394 e. The zero-order valence-electron chi connectivity index (χ0n) is 20.8. The van der Waals surface area contributed by atoms with Crippen LogP contribution in [0.5, 0.6) is 0 Å². The minimum atomic E-state index is -1.44. The molecule has 41 heavy (non-hydrogen) atoms. The van der Waals surface area contributed by atoms with Crippen molar-refractivity contribution in [3.05, 3.63) is 45.3 Å². The Morgan fingerprint density at radius 3 is 2.24 bits per heavy atom. The van der Waals surface area contributed by atoms with Gasteiger partial charge in [0, 0.05) is 6.42 Å². The molecule has 214 valence electrons. The molecule has 0 saturated carbocycles. The Bertz CT molecular complexity index is 1870. The maximum absolute atomic E-state index is 12.2. The summed E-state index contributed by atoms with van der Waals surface area (Å²) in [6.07, 6.45) is -2.06. The molecule has 5 aromatic heterocycles. The lowest BCUT2D eigenvalue weighted by Crippen LogP contribution is -2.29. The lowest BCUT2D eigenvalue weighted by Gasteiger charge is -2.16. The van der Waals surface area contributed by atoms with Crippen molar-refractivity contribution in [1.29, 1.82) is 0 Å². The summed E-state index contributed by atoms with van der Waals surface area (Å²) in [7, 11) is 0. The maximum Gasteiger partial charge on any atom is 0.280 e. The molecule has 7 rings (SSSR count). The van der Waals surface area contributed by atoms with E-state index in [9.17, 15) is 24.9 Å². The molecule has 0 unspecified atom stereocenters. The molecule has 2 aliphatic heterocycles. The molecular formula is C21H23N13O7. The van der Waals surface area contributed by atoms with Crippen molar-refractivity contribution in [2.75, 3.05) is 18.1 Å². The monoisotopic (exact) mass is 569 g/mol. The molecule has 7 atom stereocenters. The Kier molecular flexibility index (Phi) is 5.62. The normalized spacial score (nSPS) is 28.3. The van der Waals surface area contributed by atoms with Gasteiger partial charge in [0.05, 0.1) is 31.5 Å². The summed E-state index contributed by atoms with van der Waals surface area (Å²) in [6.45, 7) is -0.356. The number of fused-ring (bicyclic) bond motifs is 2. The van der Waals surface area contributed by atoms with Gasteiger partial charge < -0.3 is 36.3 Å². The summed E-state index contributed by atoms with van der Waals surface area (Å²) in [5.41, 5.74) is 10.9. The Hall–Kier alpha value is -4.76. The van der Waals surface area contributed by atoms with Crippen LogP contribution in [0, 0.1) is 0 Å². The molecule has 0 radical (unpaired) electrons. The molecule has 20 heteroatoms. The van der Waals surface area contributed by atoms with Gasteiger partial charge in [-0.15, -0.1) is 5.10 Å². The molecule has 7 heterocycles. The summed E-state index contributed by atoms with van der Waals surface area (Å²) >= 11 is 0. The molecule has 5 aromatic rings. The highest BCUT2D eigenvalue weighted by atomic mass is 16.6. The number of nitrogen functional groups attached to an aromatic ring is 2. The van der Waals surface area contributed by atoms with Crippen LogP contribution in [0.15, 0.2) is 28.4 Å². The third-order valence-corrected chi connectivity index (χ3v) is 7.27.